The Morgan fingerprint density at radius 1 is 1.22 bits per heavy atom. The molecule has 0 bridgehead atoms. The maximum absolute atomic E-state index is 13.6. The number of nitrogens with zero attached hydrogens (tertiary/aromatic N) is 4. The van der Waals surface area contributed by atoms with E-state index in [1.165, 1.54) is 0 Å². The van der Waals surface area contributed by atoms with Crippen LogP contribution >= 0.6 is 0 Å². The highest BCUT2D eigenvalue weighted by Crippen LogP contribution is 2.54. The van der Waals surface area contributed by atoms with E-state index in [0.717, 1.165) is 46.5 Å². The summed E-state index contributed by atoms with van der Waals surface area (Å²) in [5.41, 5.74) is 5.73. The molecule has 1 aliphatic carbocycles. The van der Waals surface area contributed by atoms with Gasteiger partial charge in [-0.2, -0.15) is 15.3 Å². The first-order valence-electron chi connectivity index (χ1n) is 11.5. The molecule has 6 nitrogen and oxygen atoms in total. The zero-order chi connectivity index (χ0) is 22.7. The lowest BCUT2D eigenvalue weighted by Crippen LogP contribution is -2.51. The molecule has 0 fully saturated rings. The molecular weight excluding hydrogens is 398 g/mol. The molecule has 32 heavy (non-hydrogen) atoms. The molecule has 0 saturated carbocycles. The number of carbonyl (C=O) groups excluding carboxylic acids is 1. The van der Waals surface area contributed by atoms with E-state index in [1.54, 1.807) is 0 Å². The van der Waals surface area contributed by atoms with Crippen molar-refractivity contribution in [3.8, 4) is 11.3 Å². The highest BCUT2D eigenvalue weighted by molar-refractivity contribution is 6.01. The van der Waals surface area contributed by atoms with Gasteiger partial charge in [0.05, 0.1) is 17.3 Å². The van der Waals surface area contributed by atoms with Crippen LogP contribution in [0.2, 0.25) is 0 Å². The number of hydrogen-bond donors (Lipinski definition) is 1. The molecule has 1 N–H and O–H groups in total. The molecule has 166 valence electrons. The second-order valence-corrected chi connectivity index (χ2v) is 10.3. The van der Waals surface area contributed by atoms with Gasteiger partial charge in [0.25, 0.3) is 0 Å². The van der Waals surface area contributed by atoms with Crippen molar-refractivity contribution in [2.24, 2.45) is 15.6 Å². The molecule has 0 spiro atoms. The van der Waals surface area contributed by atoms with Crippen molar-refractivity contribution < 1.29 is 4.79 Å². The van der Waals surface area contributed by atoms with Gasteiger partial charge in [-0.25, -0.2) is 0 Å². The Hall–Kier alpha value is -3.02. The van der Waals surface area contributed by atoms with Crippen LogP contribution in [0.25, 0.3) is 11.3 Å². The monoisotopic (exact) mass is 429 g/mol. The first kappa shape index (κ1) is 20.9. The van der Waals surface area contributed by atoms with E-state index in [-0.39, 0.29) is 23.4 Å². The molecular formula is C26H31N5O. The number of nitrogens with one attached hydrogen (secondary N) is 1. The van der Waals surface area contributed by atoms with Crippen LogP contribution in [0.5, 0.6) is 0 Å². The summed E-state index contributed by atoms with van der Waals surface area (Å²) < 4.78 is 2.04. The quantitative estimate of drug-likeness (QED) is 0.677. The molecule has 2 atom stereocenters. The molecule has 1 aromatic carbocycles. The van der Waals surface area contributed by atoms with Gasteiger partial charge in [0, 0.05) is 41.1 Å². The van der Waals surface area contributed by atoms with Crippen LogP contribution in [-0.2, 0) is 10.2 Å². The van der Waals surface area contributed by atoms with E-state index in [9.17, 15) is 4.79 Å². The fourth-order valence-electron chi connectivity index (χ4n) is 5.79. The highest BCUT2D eigenvalue weighted by Gasteiger charge is 2.53. The van der Waals surface area contributed by atoms with E-state index < -0.39 is 5.41 Å². The van der Waals surface area contributed by atoms with Crippen LogP contribution in [0.4, 0.5) is 0 Å². The van der Waals surface area contributed by atoms with Gasteiger partial charge < -0.3 is 5.32 Å². The fourth-order valence-corrected chi connectivity index (χ4v) is 5.79. The molecule has 2 aliphatic heterocycles. The van der Waals surface area contributed by atoms with Crippen molar-refractivity contribution in [3.63, 3.8) is 0 Å². The van der Waals surface area contributed by atoms with Crippen LogP contribution < -0.4 is 5.32 Å². The van der Waals surface area contributed by atoms with Gasteiger partial charge in [-0.15, -0.1) is 0 Å². The molecule has 3 heterocycles. The predicted octanol–water partition coefficient (Wildman–Crippen LogP) is 5.70. The van der Waals surface area contributed by atoms with Gasteiger partial charge in [-0.1, -0.05) is 39.0 Å². The maximum atomic E-state index is 13.6. The van der Waals surface area contributed by atoms with Gasteiger partial charge in [-0.3, -0.25) is 9.48 Å². The predicted molar refractivity (Wildman–Crippen MR) is 125 cm³/mol. The van der Waals surface area contributed by atoms with Crippen molar-refractivity contribution in [2.75, 3.05) is 0 Å². The first-order valence-corrected chi connectivity index (χ1v) is 11.5. The van der Waals surface area contributed by atoms with Crippen molar-refractivity contribution in [2.45, 2.75) is 71.5 Å². The number of allylic oxidation sites excluding steroid dienone is 2. The van der Waals surface area contributed by atoms with Crippen molar-refractivity contribution in [3.05, 3.63) is 65.1 Å². The van der Waals surface area contributed by atoms with E-state index in [1.807, 2.05) is 17.1 Å². The van der Waals surface area contributed by atoms with Crippen molar-refractivity contribution >= 4 is 5.78 Å². The highest BCUT2D eigenvalue weighted by atomic mass is 16.1. The summed E-state index contributed by atoms with van der Waals surface area (Å²) in [6, 6.07) is 10.9. The SMILES string of the molecule is CC[C@@]1(c2cccc(-c3ccnn3C(C)C)c2)C2=CN=NC2NC2=C1C(=O)CC(C)(C)C2. The minimum absolute atomic E-state index is 0.0645. The first-order chi connectivity index (χ1) is 15.3. The Morgan fingerprint density at radius 3 is 2.78 bits per heavy atom. The number of hydrogen-bond acceptors (Lipinski definition) is 5. The Morgan fingerprint density at radius 2 is 2.03 bits per heavy atom. The van der Waals surface area contributed by atoms with E-state index in [0.29, 0.717) is 6.42 Å². The number of Topliss-reactive ketones (excluding diaryl/α,β-unsaturated/α-hetero) is 1. The molecule has 0 saturated heterocycles. The summed E-state index contributed by atoms with van der Waals surface area (Å²) in [6.45, 7) is 10.8. The largest absolute Gasteiger partial charge is 0.362 e. The number of benzene rings is 1. The second kappa shape index (κ2) is 7.26. The third-order valence-electron chi connectivity index (χ3n) is 7.12. The second-order valence-electron chi connectivity index (χ2n) is 10.3. The lowest BCUT2D eigenvalue weighted by Gasteiger charge is -2.47. The Bertz CT molecular complexity index is 1180. The summed E-state index contributed by atoms with van der Waals surface area (Å²) >= 11 is 0. The number of carbonyl (C=O) groups is 1. The maximum Gasteiger partial charge on any atom is 0.164 e. The summed E-state index contributed by atoms with van der Waals surface area (Å²) in [5.74, 6) is 0.231. The average molecular weight is 430 g/mol. The molecule has 2 aromatic rings. The number of fused-ring (bicyclic) bond motifs is 1. The Labute approximate surface area is 189 Å². The zero-order valence-corrected chi connectivity index (χ0v) is 19.5. The summed E-state index contributed by atoms with van der Waals surface area (Å²) in [5, 5.41) is 16.8. The van der Waals surface area contributed by atoms with Crippen LogP contribution in [-0.4, -0.2) is 21.7 Å². The number of rotatable bonds is 4. The van der Waals surface area contributed by atoms with Crippen LogP contribution in [0.15, 0.2) is 69.8 Å². The topological polar surface area (TPSA) is 71.6 Å². The molecule has 3 aliphatic rings. The third-order valence-corrected chi connectivity index (χ3v) is 7.12. The van der Waals surface area contributed by atoms with E-state index >= 15 is 0 Å². The Balaban J connectivity index is 1.73. The van der Waals surface area contributed by atoms with Gasteiger partial charge >= 0.3 is 0 Å². The Kier molecular flexibility index (Phi) is 4.73. The van der Waals surface area contributed by atoms with Gasteiger partial charge in [0.15, 0.2) is 11.9 Å². The van der Waals surface area contributed by atoms with Crippen LogP contribution in [0.1, 0.15) is 65.5 Å². The lowest BCUT2D eigenvalue weighted by atomic mass is 9.58. The van der Waals surface area contributed by atoms with E-state index in [2.05, 4.69) is 85.6 Å². The molecule has 0 amide bonds. The number of ketones is 1. The third kappa shape index (κ3) is 2.99. The lowest BCUT2D eigenvalue weighted by molar-refractivity contribution is -0.119. The fraction of sp³-hybridized carbons (Fsp3) is 0.462. The normalized spacial score (nSPS) is 26.1. The van der Waals surface area contributed by atoms with Gasteiger partial charge in [0.2, 0.25) is 0 Å². The summed E-state index contributed by atoms with van der Waals surface area (Å²) in [4.78, 5) is 13.6. The number of azo groups is 1. The van der Waals surface area contributed by atoms with Gasteiger partial charge in [-0.05, 0) is 49.8 Å². The van der Waals surface area contributed by atoms with Gasteiger partial charge in [0.1, 0.15) is 0 Å². The molecule has 1 unspecified atom stereocenters. The molecule has 5 rings (SSSR count). The average Bonchev–Trinajstić information content (AvgIpc) is 3.41. The van der Waals surface area contributed by atoms with E-state index in [4.69, 9.17) is 0 Å². The number of aromatic nitrogens is 2. The molecule has 6 heteroatoms. The summed E-state index contributed by atoms with van der Waals surface area (Å²) in [6.07, 6.45) is 5.68. The van der Waals surface area contributed by atoms with Crippen molar-refractivity contribution in [1.82, 2.24) is 15.1 Å². The standard InChI is InChI=1S/C26H31N5O/c1-6-26(18-9-7-8-17(12-18)21-10-11-28-31(21)16(2)3)19-15-27-30-24(19)29-20-13-25(4,5)14-22(32)23(20)26/h7-12,15-16,24,29H,6,13-14H2,1-5H3/t24?,26-/m1/s1. The minimum atomic E-state index is -0.527. The summed E-state index contributed by atoms with van der Waals surface area (Å²) in [7, 11) is 0. The molecule has 0 radical (unpaired) electrons. The van der Waals surface area contributed by atoms with Crippen molar-refractivity contribution in [1.29, 1.82) is 0 Å². The smallest absolute Gasteiger partial charge is 0.164 e. The van der Waals surface area contributed by atoms with Crippen LogP contribution in [0.3, 0.4) is 0 Å². The zero-order valence-electron chi connectivity index (χ0n) is 19.5. The van der Waals surface area contributed by atoms with Crippen LogP contribution in [0, 0.1) is 5.41 Å². The molecule has 1 aromatic heterocycles. The minimum Gasteiger partial charge on any atom is -0.362 e.